The molecule has 3 heterocycles. The molecular weight excluding hydrogens is 384 g/mol. The number of aromatic nitrogens is 1. The number of rotatable bonds is 6. The minimum atomic E-state index is -0.539. The molecule has 8 nitrogen and oxygen atoms in total. The maximum Gasteiger partial charge on any atom is 0.342 e. The average Bonchev–Trinajstić information content (AvgIpc) is 3.33. The number of hydrogen-bond acceptors (Lipinski definition) is 7. The number of hydrogen-bond donors (Lipinski definition) is 1. The van der Waals surface area contributed by atoms with Crippen LogP contribution in [0.15, 0.2) is 42.6 Å². The lowest BCUT2D eigenvalue weighted by molar-refractivity contribution is -0.119. The van der Waals surface area contributed by atoms with Crippen LogP contribution in [0.4, 0.5) is 17.2 Å². The van der Waals surface area contributed by atoms with Gasteiger partial charge in [0.15, 0.2) is 6.61 Å². The Balaban J connectivity index is 1.30. The summed E-state index contributed by atoms with van der Waals surface area (Å²) in [6, 6.07) is 11.0. The van der Waals surface area contributed by atoms with Crippen molar-refractivity contribution in [3.63, 3.8) is 0 Å². The van der Waals surface area contributed by atoms with Crippen LogP contribution in [0, 0.1) is 0 Å². The quantitative estimate of drug-likeness (QED) is 0.732. The summed E-state index contributed by atoms with van der Waals surface area (Å²) in [5, 5.41) is 2.76. The summed E-state index contributed by atoms with van der Waals surface area (Å²) in [7, 11) is 0. The Morgan fingerprint density at radius 2 is 1.73 bits per heavy atom. The SMILES string of the molecule is O=C(COC(=O)c1cccnc1N1CCCC1)Nc1ccc(N2CCOCC2)cc1. The fourth-order valence-electron chi connectivity index (χ4n) is 3.72. The normalized spacial score (nSPS) is 16.4. The summed E-state index contributed by atoms with van der Waals surface area (Å²) < 4.78 is 10.6. The molecule has 2 aromatic rings. The molecule has 1 aromatic carbocycles. The topological polar surface area (TPSA) is 84.0 Å². The Kier molecular flexibility index (Phi) is 6.44. The van der Waals surface area contributed by atoms with Gasteiger partial charge in [0.2, 0.25) is 0 Å². The Morgan fingerprint density at radius 3 is 2.47 bits per heavy atom. The fraction of sp³-hybridized carbons (Fsp3) is 0.409. The molecule has 1 aromatic heterocycles. The van der Waals surface area contributed by atoms with Gasteiger partial charge in [-0.1, -0.05) is 0 Å². The first-order chi connectivity index (χ1) is 14.7. The minimum absolute atomic E-state index is 0.349. The molecule has 158 valence electrons. The van der Waals surface area contributed by atoms with Crippen LogP contribution in [0.3, 0.4) is 0 Å². The summed E-state index contributed by atoms with van der Waals surface area (Å²) >= 11 is 0. The van der Waals surface area contributed by atoms with Crippen molar-refractivity contribution in [3.8, 4) is 0 Å². The van der Waals surface area contributed by atoms with Gasteiger partial charge in [0.05, 0.1) is 13.2 Å². The number of ether oxygens (including phenoxy) is 2. The molecule has 2 aliphatic rings. The van der Waals surface area contributed by atoms with Crippen LogP contribution in [0.25, 0.3) is 0 Å². The standard InChI is InChI=1S/C22H26N4O4/c27-20(24-17-5-7-18(8-6-17)25-12-14-29-15-13-25)16-30-22(28)19-4-3-9-23-21(19)26-10-1-2-11-26/h3-9H,1-2,10-16H2,(H,24,27). The van der Waals surface area contributed by atoms with E-state index in [1.54, 1.807) is 18.3 Å². The molecule has 0 radical (unpaired) electrons. The molecule has 30 heavy (non-hydrogen) atoms. The van der Waals surface area contributed by atoms with Gasteiger partial charge in [-0.05, 0) is 49.2 Å². The first-order valence-electron chi connectivity index (χ1n) is 10.3. The lowest BCUT2D eigenvalue weighted by Crippen LogP contribution is -2.36. The predicted molar refractivity (Wildman–Crippen MR) is 114 cm³/mol. The Labute approximate surface area is 175 Å². The molecule has 0 saturated carbocycles. The molecule has 0 bridgehead atoms. The third kappa shape index (κ3) is 4.88. The molecule has 1 amide bonds. The van der Waals surface area contributed by atoms with Crippen LogP contribution in [0.1, 0.15) is 23.2 Å². The fourth-order valence-corrected chi connectivity index (χ4v) is 3.72. The van der Waals surface area contributed by atoms with Crippen LogP contribution in [0.2, 0.25) is 0 Å². The number of nitrogens with zero attached hydrogens (tertiary/aromatic N) is 3. The highest BCUT2D eigenvalue weighted by Crippen LogP contribution is 2.23. The van der Waals surface area contributed by atoms with Crippen molar-refractivity contribution in [3.05, 3.63) is 48.2 Å². The molecule has 0 aliphatic carbocycles. The van der Waals surface area contributed by atoms with Crippen molar-refractivity contribution in [1.29, 1.82) is 0 Å². The molecule has 2 saturated heterocycles. The Morgan fingerprint density at radius 1 is 1.00 bits per heavy atom. The number of benzene rings is 1. The smallest absolute Gasteiger partial charge is 0.342 e. The van der Waals surface area contributed by atoms with Gasteiger partial charge in [0.1, 0.15) is 11.4 Å². The summed E-state index contributed by atoms with van der Waals surface area (Å²) in [5.41, 5.74) is 2.14. The summed E-state index contributed by atoms with van der Waals surface area (Å²) in [6.45, 7) is 4.56. The van der Waals surface area contributed by atoms with E-state index in [9.17, 15) is 9.59 Å². The monoisotopic (exact) mass is 410 g/mol. The molecule has 4 rings (SSSR count). The van der Waals surface area contributed by atoms with Gasteiger partial charge >= 0.3 is 5.97 Å². The summed E-state index contributed by atoms with van der Waals surface area (Å²) in [5.74, 6) is -0.295. The highest BCUT2D eigenvalue weighted by atomic mass is 16.5. The highest BCUT2D eigenvalue weighted by molar-refractivity contribution is 5.98. The van der Waals surface area contributed by atoms with Crippen molar-refractivity contribution in [2.24, 2.45) is 0 Å². The van der Waals surface area contributed by atoms with E-state index in [4.69, 9.17) is 9.47 Å². The van der Waals surface area contributed by atoms with E-state index in [0.717, 1.165) is 57.9 Å². The Bertz CT molecular complexity index is 875. The molecule has 8 heteroatoms. The second-order valence-corrected chi connectivity index (χ2v) is 7.34. The van der Waals surface area contributed by atoms with Crippen LogP contribution >= 0.6 is 0 Å². The van der Waals surface area contributed by atoms with Crippen LogP contribution < -0.4 is 15.1 Å². The zero-order chi connectivity index (χ0) is 20.8. The molecular formula is C22H26N4O4. The predicted octanol–water partition coefficient (Wildman–Crippen LogP) is 2.31. The van der Waals surface area contributed by atoms with Crippen molar-refractivity contribution in [1.82, 2.24) is 4.98 Å². The van der Waals surface area contributed by atoms with Gasteiger partial charge < -0.3 is 24.6 Å². The summed E-state index contributed by atoms with van der Waals surface area (Å²) in [4.78, 5) is 33.4. The molecule has 0 spiro atoms. The van der Waals surface area contributed by atoms with Crippen molar-refractivity contribution < 1.29 is 19.1 Å². The van der Waals surface area contributed by atoms with E-state index in [1.165, 1.54) is 0 Å². The molecule has 2 aliphatic heterocycles. The lowest BCUT2D eigenvalue weighted by atomic mass is 10.2. The number of morpholine rings is 1. The number of esters is 1. The van der Waals surface area contributed by atoms with Gasteiger partial charge in [0.25, 0.3) is 5.91 Å². The van der Waals surface area contributed by atoms with Crippen LogP contribution in [0.5, 0.6) is 0 Å². The van der Waals surface area contributed by atoms with Crippen LogP contribution in [-0.4, -0.2) is 62.9 Å². The highest BCUT2D eigenvalue weighted by Gasteiger charge is 2.22. The van der Waals surface area contributed by atoms with E-state index in [2.05, 4.69) is 20.1 Å². The van der Waals surface area contributed by atoms with E-state index in [-0.39, 0.29) is 12.5 Å². The summed E-state index contributed by atoms with van der Waals surface area (Å²) in [6.07, 6.45) is 3.83. The van der Waals surface area contributed by atoms with Gasteiger partial charge in [0, 0.05) is 43.8 Å². The number of pyridine rings is 1. The molecule has 0 unspecified atom stereocenters. The van der Waals surface area contributed by atoms with Crippen molar-refractivity contribution in [2.45, 2.75) is 12.8 Å². The van der Waals surface area contributed by atoms with Gasteiger partial charge in [-0.15, -0.1) is 0 Å². The molecule has 2 fully saturated rings. The van der Waals surface area contributed by atoms with E-state index in [1.807, 2.05) is 24.3 Å². The zero-order valence-electron chi connectivity index (χ0n) is 16.9. The average molecular weight is 410 g/mol. The second-order valence-electron chi connectivity index (χ2n) is 7.34. The third-order valence-corrected chi connectivity index (χ3v) is 5.27. The number of amides is 1. The third-order valence-electron chi connectivity index (χ3n) is 5.27. The Hall–Kier alpha value is -3.13. The van der Waals surface area contributed by atoms with Crippen LogP contribution in [-0.2, 0) is 14.3 Å². The second kappa shape index (κ2) is 9.58. The lowest BCUT2D eigenvalue weighted by Gasteiger charge is -2.28. The number of carbonyl (C=O) groups excluding carboxylic acids is 2. The first-order valence-corrected chi connectivity index (χ1v) is 10.3. The van der Waals surface area contributed by atoms with E-state index in [0.29, 0.717) is 17.1 Å². The largest absolute Gasteiger partial charge is 0.452 e. The molecule has 0 atom stereocenters. The van der Waals surface area contributed by atoms with E-state index < -0.39 is 5.97 Å². The van der Waals surface area contributed by atoms with Gasteiger partial charge in [-0.2, -0.15) is 0 Å². The van der Waals surface area contributed by atoms with E-state index >= 15 is 0 Å². The zero-order valence-corrected chi connectivity index (χ0v) is 16.9. The van der Waals surface area contributed by atoms with Gasteiger partial charge in [-0.25, -0.2) is 9.78 Å². The maximum atomic E-state index is 12.5. The number of nitrogens with one attached hydrogen (secondary N) is 1. The minimum Gasteiger partial charge on any atom is -0.452 e. The maximum absolute atomic E-state index is 12.5. The first kappa shape index (κ1) is 20.2. The number of anilines is 3. The number of carbonyl (C=O) groups is 2. The molecule has 1 N–H and O–H groups in total. The van der Waals surface area contributed by atoms with Gasteiger partial charge in [-0.3, -0.25) is 4.79 Å². The van der Waals surface area contributed by atoms with Crippen molar-refractivity contribution >= 4 is 29.1 Å². The van der Waals surface area contributed by atoms with Crippen molar-refractivity contribution in [2.75, 3.05) is 61.1 Å².